The van der Waals surface area contributed by atoms with Gasteiger partial charge in [-0.05, 0) is 36.4 Å². The van der Waals surface area contributed by atoms with Gasteiger partial charge in [-0.15, -0.1) is 0 Å². The first-order valence-corrected chi connectivity index (χ1v) is 9.07. The van der Waals surface area contributed by atoms with E-state index < -0.39 is 17.7 Å². The Balaban J connectivity index is 1.78. The fourth-order valence-electron chi connectivity index (χ4n) is 2.12. The lowest BCUT2D eigenvalue weighted by atomic mass is 10.2. The van der Waals surface area contributed by atoms with E-state index in [0.717, 1.165) is 0 Å². The van der Waals surface area contributed by atoms with E-state index in [1.807, 2.05) is 0 Å². The molecule has 0 aliphatic rings. The number of hydrogen-bond acceptors (Lipinski definition) is 4. The monoisotopic (exact) mass is 443 g/mol. The summed E-state index contributed by atoms with van der Waals surface area (Å²) in [6, 6.07) is 9.13. The van der Waals surface area contributed by atoms with Crippen LogP contribution in [0.2, 0.25) is 15.1 Å². The zero-order valence-corrected chi connectivity index (χ0v) is 16.9. The Morgan fingerprint density at radius 1 is 0.893 bits per heavy atom. The third kappa shape index (κ3) is 6.30. The van der Waals surface area contributed by atoms with E-state index in [9.17, 15) is 14.4 Å². The smallest absolute Gasteiger partial charge is 0.253 e. The van der Waals surface area contributed by atoms with Gasteiger partial charge in [0.05, 0.1) is 35.8 Å². The summed E-state index contributed by atoms with van der Waals surface area (Å²) in [6.45, 7) is -0.598. The summed E-state index contributed by atoms with van der Waals surface area (Å²) < 4.78 is 5.02. The van der Waals surface area contributed by atoms with Crippen LogP contribution in [-0.4, -0.2) is 37.9 Å². The lowest BCUT2D eigenvalue weighted by Gasteiger charge is -2.10. The third-order valence-electron chi connectivity index (χ3n) is 3.47. The van der Waals surface area contributed by atoms with Crippen molar-refractivity contribution >= 4 is 58.2 Å². The van der Waals surface area contributed by atoms with Crippen molar-refractivity contribution in [2.75, 3.05) is 25.5 Å². The maximum atomic E-state index is 12.0. The molecular formula is C18H16Cl3N3O4. The molecule has 0 atom stereocenters. The summed E-state index contributed by atoms with van der Waals surface area (Å²) in [4.78, 5) is 35.7. The van der Waals surface area contributed by atoms with Crippen LogP contribution in [0.1, 0.15) is 10.4 Å². The molecule has 0 fully saturated rings. The highest BCUT2D eigenvalue weighted by molar-refractivity contribution is 6.36. The van der Waals surface area contributed by atoms with Crippen molar-refractivity contribution in [2.45, 2.75) is 0 Å². The molecule has 7 nitrogen and oxygen atoms in total. The maximum absolute atomic E-state index is 12.0. The van der Waals surface area contributed by atoms with Crippen LogP contribution in [0.4, 0.5) is 5.69 Å². The van der Waals surface area contributed by atoms with Crippen molar-refractivity contribution in [3.8, 4) is 5.75 Å². The Hall–Kier alpha value is -2.48. The fraction of sp³-hybridized carbons (Fsp3) is 0.167. The van der Waals surface area contributed by atoms with Gasteiger partial charge in [0.25, 0.3) is 5.91 Å². The molecule has 2 rings (SSSR count). The van der Waals surface area contributed by atoms with Crippen LogP contribution < -0.4 is 20.7 Å². The molecule has 28 heavy (non-hydrogen) atoms. The number of benzene rings is 2. The predicted molar refractivity (Wildman–Crippen MR) is 108 cm³/mol. The quantitative estimate of drug-likeness (QED) is 0.611. The van der Waals surface area contributed by atoms with Gasteiger partial charge in [-0.1, -0.05) is 34.8 Å². The van der Waals surface area contributed by atoms with Gasteiger partial charge >= 0.3 is 0 Å². The molecule has 2 aromatic rings. The van der Waals surface area contributed by atoms with Crippen LogP contribution in [0.25, 0.3) is 0 Å². The minimum absolute atomic E-state index is 0.169. The van der Waals surface area contributed by atoms with E-state index in [1.165, 1.54) is 31.4 Å². The van der Waals surface area contributed by atoms with Gasteiger partial charge in [-0.2, -0.15) is 0 Å². The summed E-state index contributed by atoms with van der Waals surface area (Å²) in [6.07, 6.45) is 0. The third-order valence-corrected chi connectivity index (χ3v) is 4.31. The maximum Gasteiger partial charge on any atom is 0.253 e. The van der Waals surface area contributed by atoms with E-state index in [1.54, 1.807) is 12.1 Å². The molecule has 3 amide bonds. The van der Waals surface area contributed by atoms with Crippen LogP contribution in [0.15, 0.2) is 36.4 Å². The molecule has 3 N–H and O–H groups in total. The van der Waals surface area contributed by atoms with Gasteiger partial charge in [0.1, 0.15) is 5.75 Å². The van der Waals surface area contributed by atoms with Gasteiger partial charge in [0, 0.05) is 10.7 Å². The second kappa shape index (κ2) is 10.2. The zero-order chi connectivity index (χ0) is 20.7. The minimum Gasteiger partial charge on any atom is -0.495 e. The molecule has 0 aliphatic heterocycles. The highest BCUT2D eigenvalue weighted by Crippen LogP contribution is 2.27. The number of hydrogen-bond donors (Lipinski definition) is 3. The number of carbonyl (C=O) groups excluding carboxylic acids is 3. The second-order valence-electron chi connectivity index (χ2n) is 5.48. The summed E-state index contributed by atoms with van der Waals surface area (Å²) in [5.41, 5.74) is 0.642. The van der Waals surface area contributed by atoms with Crippen molar-refractivity contribution in [2.24, 2.45) is 0 Å². The Bertz CT molecular complexity index is 906. The van der Waals surface area contributed by atoms with Crippen LogP contribution in [0.3, 0.4) is 0 Å². The number of methoxy groups -OCH3 is 1. The standard InChI is InChI=1S/C18H16Cl3N3O4/c1-28-15-5-3-11(7-14(15)21)24-17(26)9-22-16(25)8-23-18(27)12-4-2-10(19)6-13(12)20/h2-7H,8-9H2,1H3,(H,22,25)(H,23,27)(H,24,26). The molecule has 0 unspecified atom stereocenters. The molecule has 0 spiro atoms. The van der Waals surface area contributed by atoms with E-state index in [4.69, 9.17) is 39.5 Å². The largest absolute Gasteiger partial charge is 0.495 e. The fourth-order valence-corrected chi connectivity index (χ4v) is 2.87. The predicted octanol–water partition coefficient (Wildman–Crippen LogP) is 3.14. The average molecular weight is 445 g/mol. The number of carbonyl (C=O) groups is 3. The second-order valence-corrected chi connectivity index (χ2v) is 6.73. The molecule has 0 aromatic heterocycles. The first-order chi connectivity index (χ1) is 13.3. The molecule has 0 radical (unpaired) electrons. The molecule has 2 aromatic carbocycles. The number of nitrogens with one attached hydrogen (secondary N) is 3. The van der Waals surface area contributed by atoms with Crippen molar-refractivity contribution in [1.82, 2.24) is 10.6 Å². The van der Waals surface area contributed by atoms with Gasteiger partial charge < -0.3 is 20.7 Å². The summed E-state index contributed by atoms with van der Waals surface area (Å²) in [5, 5.41) is 8.29. The van der Waals surface area contributed by atoms with Crippen LogP contribution in [-0.2, 0) is 9.59 Å². The number of anilines is 1. The molecule has 0 saturated carbocycles. The number of halogens is 3. The first kappa shape index (κ1) is 21.8. The Kier molecular flexibility index (Phi) is 7.92. The number of rotatable bonds is 7. The highest BCUT2D eigenvalue weighted by Gasteiger charge is 2.13. The topological polar surface area (TPSA) is 96.5 Å². The number of amides is 3. The Labute approximate surface area is 176 Å². The van der Waals surface area contributed by atoms with E-state index in [2.05, 4.69) is 16.0 Å². The molecule has 0 bridgehead atoms. The molecule has 0 aliphatic carbocycles. The highest BCUT2D eigenvalue weighted by atomic mass is 35.5. The SMILES string of the molecule is COc1ccc(NC(=O)CNC(=O)CNC(=O)c2ccc(Cl)cc2Cl)cc1Cl. The van der Waals surface area contributed by atoms with E-state index >= 15 is 0 Å². The van der Waals surface area contributed by atoms with Gasteiger partial charge in [-0.3, -0.25) is 14.4 Å². The van der Waals surface area contributed by atoms with E-state index in [-0.39, 0.29) is 23.7 Å². The molecule has 0 heterocycles. The van der Waals surface area contributed by atoms with Gasteiger partial charge in [-0.25, -0.2) is 0 Å². The van der Waals surface area contributed by atoms with E-state index in [0.29, 0.717) is 21.5 Å². The Morgan fingerprint density at radius 3 is 2.25 bits per heavy atom. The normalized spacial score (nSPS) is 10.1. The Morgan fingerprint density at radius 2 is 1.61 bits per heavy atom. The summed E-state index contributed by atoms with van der Waals surface area (Å²) >= 11 is 17.7. The lowest BCUT2D eigenvalue weighted by Crippen LogP contribution is -2.40. The average Bonchev–Trinajstić information content (AvgIpc) is 2.64. The summed E-state index contributed by atoms with van der Waals surface area (Å²) in [5.74, 6) is -1.05. The van der Waals surface area contributed by atoms with Crippen LogP contribution >= 0.6 is 34.8 Å². The molecule has 0 saturated heterocycles. The number of ether oxygens (including phenoxy) is 1. The lowest BCUT2D eigenvalue weighted by molar-refractivity contribution is -0.123. The zero-order valence-electron chi connectivity index (χ0n) is 14.6. The van der Waals surface area contributed by atoms with Crippen molar-refractivity contribution in [3.05, 3.63) is 57.0 Å². The van der Waals surface area contributed by atoms with Crippen LogP contribution in [0, 0.1) is 0 Å². The van der Waals surface area contributed by atoms with Crippen molar-refractivity contribution in [3.63, 3.8) is 0 Å². The molecular weight excluding hydrogens is 429 g/mol. The van der Waals surface area contributed by atoms with Crippen molar-refractivity contribution in [1.29, 1.82) is 0 Å². The van der Waals surface area contributed by atoms with Gasteiger partial charge in [0.15, 0.2) is 0 Å². The molecule has 148 valence electrons. The molecule has 10 heteroatoms. The summed E-state index contributed by atoms with van der Waals surface area (Å²) in [7, 11) is 1.48. The van der Waals surface area contributed by atoms with Crippen molar-refractivity contribution < 1.29 is 19.1 Å². The minimum atomic E-state index is -0.540. The van der Waals surface area contributed by atoms with Crippen LogP contribution in [0.5, 0.6) is 5.75 Å². The van der Waals surface area contributed by atoms with Gasteiger partial charge in [0.2, 0.25) is 11.8 Å². The first-order valence-electron chi connectivity index (χ1n) is 7.93.